The van der Waals surface area contributed by atoms with Crippen molar-refractivity contribution >= 4 is 7.62 Å². The van der Waals surface area contributed by atoms with Gasteiger partial charge in [0.1, 0.15) is 0 Å². The molecule has 3 N–H and O–H groups in total. The number of rotatable bonds is 3. The average molecular weight is 156 g/mol. The van der Waals surface area contributed by atoms with Gasteiger partial charge in [0.2, 0.25) is 0 Å². The van der Waals surface area contributed by atoms with E-state index in [4.69, 9.17) is 10.4 Å². The van der Waals surface area contributed by atoms with Crippen molar-refractivity contribution in [1.29, 1.82) is 0 Å². The van der Waals surface area contributed by atoms with Crippen molar-refractivity contribution in [2.24, 2.45) is 5.73 Å². The van der Waals surface area contributed by atoms with Gasteiger partial charge in [0, 0.05) is 13.2 Å². The summed E-state index contributed by atoms with van der Waals surface area (Å²) in [5.74, 6) is 0. The van der Waals surface area contributed by atoms with Crippen molar-refractivity contribution in [2.45, 2.75) is 37.8 Å². The van der Waals surface area contributed by atoms with Crippen LogP contribution in [-0.2, 0) is 4.65 Å². The fourth-order valence-corrected chi connectivity index (χ4v) is 1.52. The molecule has 0 unspecified atom stereocenters. The minimum absolute atomic E-state index is 0.440. The Bertz CT molecular complexity index is 102. The lowest BCUT2D eigenvalue weighted by atomic mass is 9.90. The topological polar surface area (TPSA) is 47.3 Å². The number of nitrogens with two attached hydrogens (primary N) is 1. The number of hydrogen-bond acceptors (Lipinski definition) is 3. The molecule has 0 spiro atoms. The molecule has 11 heavy (non-hydrogen) atoms. The second-order valence-electron chi connectivity index (χ2n) is 3.25. The molecule has 1 aliphatic carbocycles. The average Bonchev–Trinajstić information content (AvgIpc) is 2.04. The van der Waals surface area contributed by atoms with E-state index in [1.54, 1.807) is 7.11 Å². The molecular weight excluding hydrogens is 139 g/mol. The molecule has 0 heterocycles. The van der Waals surface area contributed by atoms with Crippen LogP contribution in [0.4, 0.5) is 0 Å². The second-order valence-corrected chi connectivity index (χ2v) is 3.25. The molecule has 0 aromatic carbocycles. The molecule has 64 valence electrons. The molecule has 1 fully saturated rings. The Morgan fingerprint density at radius 2 is 2.00 bits per heavy atom. The van der Waals surface area contributed by atoms with Crippen LogP contribution in [0.3, 0.4) is 0 Å². The number of nitrogens with one attached hydrogen (secondary N) is 1. The van der Waals surface area contributed by atoms with Gasteiger partial charge in [-0.25, -0.2) is 0 Å². The van der Waals surface area contributed by atoms with Gasteiger partial charge in [0.05, 0.1) is 0 Å². The third-order valence-electron chi connectivity index (χ3n) is 2.29. The van der Waals surface area contributed by atoms with Crippen molar-refractivity contribution in [3.05, 3.63) is 0 Å². The van der Waals surface area contributed by atoms with Gasteiger partial charge in [0.15, 0.2) is 0 Å². The smallest absolute Gasteiger partial charge is 0.360 e. The van der Waals surface area contributed by atoms with E-state index in [1.165, 1.54) is 12.8 Å². The Hall–Kier alpha value is -0.0551. The van der Waals surface area contributed by atoms with Crippen molar-refractivity contribution in [3.8, 4) is 0 Å². The molecule has 0 radical (unpaired) electrons. The molecule has 0 aromatic rings. The fourth-order valence-electron chi connectivity index (χ4n) is 1.52. The van der Waals surface area contributed by atoms with Crippen LogP contribution in [-0.4, -0.2) is 26.8 Å². The van der Waals surface area contributed by atoms with Crippen molar-refractivity contribution in [1.82, 2.24) is 5.23 Å². The van der Waals surface area contributed by atoms with Gasteiger partial charge in [0.25, 0.3) is 0 Å². The zero-order valence-corrected chi connectivity index (χ0v) is 7.18. The Labute approximate surface area is 69.0 Å². The zero-order chi connectivity index (χ0) is 8.10. The second kappa shape index (κ2) is 4.75. The first kappa shape index (κ1) is 9.04. The van der Waals surface area contributed by atoms with E-state index >= 15 is 0 Å². The Morgan fingerprint density at radius 1 is 1.36 bits per heavy atom. The quantitative estimate of drug-likeness (QED) is 0.554. The Morgan fingerprint density at radius 3 is 2.55 bits per heavy atom. The third-order valence-corrected chi connectivity index (χ3v) is 2.29. The van der Waals surface area contributed by atoms with Crippen LogP contribution in [0.1, 0.15) is 25.7 Å². The minimum atomic E-state index is 0.440. The van der Waals surface area contributed by atoms with Crippen molar-refractivity contribution in [2.75, 3.05) is 7.11 Å². The SMILES string of the molecule is COBN[C@H]1CC[C@@H](N)CC1. The predicted molar refractivity (Wildman–Crippen MR) is 47.5 cm³/mol. The van der Waals surface area contributed by atoms with Gasteiger partial charge in [-0.3, -0.25) is 0 Å². The van der Waals surface area contributed by atoms with E-state index in [0.717, 1.165) is 12.8 Å². The highest BCUT2D eigenvalue weighted by molar-refractivity contribution is 6.23. The molecule has 0 amide bonds. The summed E-state index contributed by atoms with van der Waals surface area (Å²) in [7, 11) is 2.38. The monoisotopic (exact) mass is 156 g/mol. The summed E-state index contributed by atoms with van der Waals surface area (Å²) in [6, 6.07) is 1.07. The molecule has 3 nitrogen and oxygen atoms in total. The van der Waals surface area contributed by atoms with Crippen LogP contribution in [0.15, 0.2) is 0 Å². The first-order valence-electron chi connectivity index (χ1n) is 4.31. The summed E-state index contributed by atoms with van der Waals surface area (Å²) in [6.45, 7) is 0. The molecule has 1 rings (SSSR count). The van der Waals surface area contributed by atoms with Gasteiger partial charge in [-0.05, 0) is 31.7 Å². The highest BCUT2D eigenvalue weighted by Crippen LogP contribution is 2.16. The molecule has 1 saturated carbocycles. The van der Waals surface area contributed by atoms with E-state index in [-0.39, 0.29) is 0 Å². The Balaban J connectivity index is 2.07. The van der Waals surface area contributed by atoms with Crippen LogP contribution in [0.2, 0.25) is 0 Å². The first-order valence-corrected chi connectivity index (χ1v) is 4.31. The fraction of sp³-hybridized carbons (Fsp3) is 1.00. The molecule has 0 aliphatic heterocycles. The Kier molecular flexibility index (Phi) is 3.90. The van der Waals surface area contributed by atoms with Gasteiger partial charge >= 0.3 is 7.62 Å². The highest BCUT2D eigenvalue weighted by atomic mass is 16.4. The molecule has 0 aromatic heterocycles. The largest absolute Gasteiger partial charge is 0.427 e. The maximum Gasteiger partial charge on any atom is 0.360 e. The molecule has 0 saturated heterocycles. The lowest BCUT2D eigenvalue weighted by Gasteiger charge is -2.26. The zero-order valence-electron chi connectivity index (χ0n) is 7.18. The van der Waals surface area contributed by atoms with E-state index in [0.29, 0.717) is 19.7 Å². The molecule has 0 bridgehead atoms. The standard InChI is InChI=1S/C7H17BN2O/c1-11-8-10-7-4-2-6(9)3-5-7/h6-8,10H,2-5,9H2,1H3/t6-,7+. The van der Waals surface area contributed by atoms with E-state index < -0.39 is 0 Å². The highest BCUT2D eigenvalue weighted by Gasteiger charge is 2.17. The minimum Gasteiger partial charge on any atom is -0.427 e. The van der Waals surface area contributed by atoms with E-state index in [2.05, 4.69) is 5.23 Å². The summed E-state index contributed by atoms with van der Waals surface area (Å²) < 4.78 is 4.93. The van der Waals surface area contributed by atoms with Gasteiger partial charge in [-0.15, -0.1) is 0 Å². The third kappa shape index (κ3) is 3.23. The van der Waals surface area contributed by atoms with Crippen LogP contribution < -0.4 is 11.0 Å². The molecule has 1 aliphatic rings. The summed E-state index contributed by atoms with van der Waals surface area (Å²) >= 11 is 0. The lowest BCUT2D eigenvalue weighted by molar-refractivity contribution is 0.355. The van der Waals surface area contributed by atoms with Gasteiger partial charge in [-0.2, -0.15) is 0 Å². The van der Waals surface area contributed by atoms with E-state index in [1.807, 2.05) is 0 Å². The van der Waals surface area contributed by atoms with Crippen molar-refractivity contribution in [3.63, 3.8) is 0 Å². The van der Waals surface area contributed by atoms with Crippen LogP contribution >= 0.6 is 0 Å². The van der Waals surface area contributed by atoms with Gasteiger partial charge < -0.3 is 15.6 Å². The lowest BCUT2D eigenvalue weighted by Crippen LogP contribution is -2.39. The summed E-state index contributed by atoms with van der Waals surface area (Å²) in [5.41, 5.74) is 5.77. The first-order chi connectivity index (χ1) is 5.33. The normalized spacial score (nSPS) is 31.8. The molecule has 4 heteroatoms. The molecule has 0 atom stereocenters. The maximum atomic E-state index is 5.77. The summed E-state index contributed by atoms with van der Waals surface area (Å²) in [4.78, 5) is 0. The summed E-state index contributed by atoms with van der Waals surface area (Å²) in [5, 5.41) is 3.31. The van der Waals surface area contributed by atoms with Gasteiger partial charge in [-0.1, -0.05) is 0 Å². The van der Waals surface area contributed by atoms with Crippen LogP contribution in [0.25, 0.3) is 0 Å². The molecular formula is C7H17BN2O. The van der Waals surface area contributed by atoms with Crippen LogP contribution in [0.5, 0.6) is 0 Å². The predicted octanol–water partition coefficient (Wildman–Crippen LogP) is -0.241. The van der Waals surface area contributed by atoms with E-state index in [9.17, 15) is 0 Å². The number of hydrogen-bond donors (Lipinski definition) is 2. The maximum absolute atomic E-state index is 5.77. The van der Waals surface area contributed by atoms with Crippen LogP contribution in [0, 0.1) is 0 Å². The summed E-state index contributed by atoms with van der Waals surface area (Å²) in [6.07, 6.45) is 4.71. The van der Waals surface area contributed by atoms with Crippen molar-refractivity contribution < 1.29 is 4.65 Å².